The van der Waals surface area contributed by atoms with Crippen molar-refractivity contribution in [2.24, 2.45) is 0 Å². The zero-order chi connectivity index (χ0) is 16.7. The van der Waals surface area contributed by atoms with Crippen molar-refractivity contribution in [2.75, 3.05) is 31.2 Å². The Kier molecular flexibility index (Phi) is 3.69. The molecule has 24 heavy (non-hydrogen) atoms. The van der Waals surface area contributed by atoms with Crippen molar-refractivity contribution in [2.45, 2.75) is 6.18 Å². The lowest BCUT2D eigenvalue weighted by atomic mass is 10.3. The monoisotopic (exact) mass is 354 g/mol. The van der Waals surface area contributed by atoms with Crippen LogP contribution in [0.5, 0.6) is 0 Å². The summed E-state index contributed by atoms with van der Waals surface area (Å²) in [5.41, 5.74) is -0.145. The molecule has 0 atom stereocenters. The number of rotatable bonds is 2. The molecule has 1 saturated heterocycles. The summed E-state index contributed by atoms with van der Waals surface area (Å²) in [5.74, 6) is 0.302. The molecule has 0 saturated carbocycles. The highest BCUT2D eigenvalue weighted by molar-refractivity contribution is 7.13. The van der Waals surface area contributed by atoms with E-state index < -0.39 is 11.9 Å². The highest BCUT2D eigenvalue weighted by Gasteiger charge is 2.36. The quantitative estimate of drug-likeness (QED) is 0.708. The molecule has 5 nitrogen and oxygen atoms in total. The molecule has 0 radical (unpaired) electrons. The lowest BCUT2D eigenvalue weighted by Gasteiger charge is -2.28. The van der Waals surface area contributed by atoms with Crippen LogP contribution in [-0.4, -0.2) is 40.9 Å². The SMILES string of the molecule is FC(F)(F)c1cc(N2CCOCC2)nc2cc(-c3cccs3)nn12. The molecule has 4 rings (SSSR count). The molecule has 1 aliphatic heterocycles. The Morgan fingerprint density at radius 3 is 2.62 bits per heavy atom. The summed E-state index contributed by atoms with van der Waals surface area (Å²) in [6.45, 7) is 2.00. The van der Waals surface area contributed by atoms with E-state index in [1.807, 2.05) is 17.5 Å². The molecule has 4 heterocycles. The first-order valence-electron chi connectivity index (χ1n) is 7.37. The Bertz CT molecular complexity index is 854. The topological polar surface area (TPSA) is 42.7 Å². The van der Waals surface area contributed by atoms with E-state index in [0.717, 1.165) is 15.5 Å². The van der Waals surface area contributed by atoms with Crippen LogP contribution in [0.2, 0.25) is 0 Å². The fourth-order valence-corrected chi connectivity index (χ4v) is 3.34. The van der Waals surface area contributed by atoms with Crippen molar-refractivity contribution in [3.05, 3.63) is 35.3 Å². The number of hydrogen-bond acceptors (Lipinski definition) is 5. The van der Waals surface area contributed by atoms with Crippen LogP contribution < -0.4 is 4.90 Å². The Morgan fingerprint density at radius 1 is 1.17 bits per heavy atom. The normalized spacial score (nSPS) is 16.0. The molecule has 1 fully saturated rings. The Balaban J connectivity index is 1.87. The first-order chi connectivity index (χ1) is 11.5. The lowest BCUT2D eigenvalue weighted by Crippen LogP contribution is -2.37. The molecule has 3 aromatic heterocycles. The average Bonchev–Trinajstić information content (AvgIpc) is 3.22. The van der Waals surface area contributed by atoms with Crippen LogP contribution in [0.4, 0.5) is 19.0 Å². The van der Waals surface area contributed by atoms with Crippen LogP contribution in [0.3, 0.4) is 0 Å². The molecule has 0 amide bonds. The first kappa shape index (κ1) is 15.4. The number of aromatic nitrogens is 3. The highest BCUT2D eigenvalue weighted by Crippen LogP contribution is 2.33. The van der Waals surface area contributed by atoms with Gasteiger partial charge in [0.05, 0.1) is 18.1 Å². The third kappa shape index (κ3) is 2.73. The molecule has 9 heteroatoms. The van der Waals surface area contributed by atoms with Gasteiger partial charge in [-0.25, -0.2) is 9.50 Å². The third-order valence-corrected chi connectivity index (χ3v) is 4.71. The molecule has 0 aliphatic carbocycles. The molecule has 0 N–H and O–H groups in total. The van der Waals surface area contributed by atoms with Crippen molar-refractivity contribution >= 4 is 22.8 Å². The van der Waals surface area contributed by atoms with Crippen LogP contribution >= 0.6 is 11.3 Å². The standard InChI is InChI=1S/C15H13F3N4OS/c16-15(17,18)12-9-13(21-3-5-23-6-4-21)19-14-8-10(20-22(12)14)11-2-1-7-24-11/h1-2,7-9H,3-6H2. The van der Waals surface area contributed by atoms with Crippen molar-refractivity contribution < 1.29 is 17.9 Å². The minimum atomic E-state index is -4.51. The third-order valence-electron chi connectivity index (χ3n) is 3.81. The minimum absolute atomic E-state index is 0.190. The number of thiophene rings is 1. The molecular formula is C15H13F3N4OS. The van der Waals surface area contributed by atoms with E-state index in [9.17, 15) is 13.2 Å². The van der Waals surface area contributed by atoms with Crippen molar-refractivity contribution in [3.63, 3.8) is 0 Å². The van der Waals surface area contributed by atoms with Gasteiger partial charge in [0.2, 0.25) is 0 Å². The number of ether oxygens (including phenoxy) is 1. The van der Waals surface area contributed by atoms with Gasteiger partial charge in [0.1, 0.15) is 11.5 Å². The van der Waals surface area contributed by atoms with E-state index in [1.165, 1.54) is 11.3 Å². The van der Waals surface area contributed by atoms with Crippen LogP contribution in [0.1, 0.15) is 5.69 Å². The van der Waals surface area contributed by atoms with Gasteiger partial charge in [-0.1, -0.05) is 6.07 Å². The van der Waals surface area contributed by atoms with Crippen molar-refractivity contribution in [3.8, 4) is 10.6 Å². The van der Waals surface area contributed by atoms with E-state index in [2.05, 4.69) is 10.1 Å². The minimum Gasteiger partial charge on any atom is -0.378 e. The average molecular weight is 354 g/mol. The van der Waals surface area contributed by atoms with Crippen LogP contribution in [0.15, 0.2) is 29.6 Å². The molecule has 126 valence electrons. The molecule has 0 spiro atoms. The number of morpholine rings is 1. The summed E-state index contributed by atoms with van der Waals surface area (Å²) >= 11 is 1.43. The number of anilines is 1. The fourth-order valence-electron chi connectivity index (χ4n) is 2.66. The molecule has 1 aliphatic rings. The van der Waals surface area contributed by atoms with Gasteiger partial charge in [-0.2, -0.15) is 18.3 Å². The zero-order valence-electron chi connectivity index (χ0n) is 12.5. The maximum Gasteiger partial charge on any atom is 0.433 e. The van der Waals surface area contributed by atoms with E-state index in [0.29, 0.717) is 37.8 Å². The van der Waals surface area contributed by atoms with E-state index in [1.54, 1.807) is 11.0 Å². The predicted molar refractivity (Wildman–Crippen MR) is 84.3 cm³/mol. The molecule has 3 aromatic rings. The second kappa shape index (κ2) is 5.75. The van der Waals surface area contributed by atoms with E-state index in [4.69, 9.17) is 4.74 Å². The van der Waals surface area contributed by atoms with Gasteiger partial charge in [0, 0.05) is 25.2 Å². The molecular weight excluding hydrogens is 341 g/mol. The number of halogens is 3. The Labute approximate surface area is 139 Å². The van der Waals surface area contributed by atoms with Crippen molar-refractivity contribution in [1.82, 2.24) is 14.6 Å². The van der Waals surface area contributed by atoms with E-state index in [-0.39, 0.29) is 5.65 Å². The lowest BCUT2D eigenvalue weighted by molar-refractivity contribution is -0.142. The molecule has 0 aromatic carbocycles. The summed E-state index contributed by atoms with van der Waals surface area (Å²) < 4.78 is 46.6. The van der Waals surface area contributed by atoms with Gasteiger partial charge in [-0.05, 0) is 11.4 Å². The van der Waals surface area contributed by atoms with Gasteiger partial charge >= 0.3 is 6.18 Å². The summed E-state index contributed by atoms with van der Waals surface area (Å²) in [6.07, 6.45) is -4.51. The smallest absolute Gasteiger partial charge is 0.378 e. The summed E-state index contributed by atoms with van der Waals surface area (Å²) in [5, 5.41) is 5.97. The predicted octanol–water partition coefficient (Wildman–Crippen LogP) is 3.31. The van der Waals surface area contributed by atoms with Gasteiger partial charge in [-0.3, -0.25) is 0 Å². The summed E-state index contributed by atoms with van der Waals surface area (Å²) in [7, 11) is 0. The fraction of sp³-hybridized carbons (Fsp3) is 0.333. The number of alkyl halides is 3. The zero-order valence-corrected chi connectivity index (χ0v) is 13.3. The molecule has 0 bridgehead atoms. The van der Waals surface area contributed by atoms with Crippen LogP contribution in [-0.2, 0) is 10.9 Å². The highest BCUT2D eigenvalue weighted by atomic mass is 32.1. The van der Waals surface area contributed by atoms with Gasteiger partial charge in [0.25, 0.3) is 0 Å². The Hall–Kier alpha value is -2.13. The van der Waals surface area contributed by atoms with Gasteiger partial charge in [0.15, 0.2) is 11.3 Å². The van der Waals surface area contributed by atoms with Gasteiger partial charge < -0.3 is 9.64 Å². The maximum atomic E-state index is 13.5. The van der Waals surface area contributed by atoms with Gasteiger partial charge in [-0.15, -0.1) is 11.3 Å². The second-order valence-electron chi connectivity index (χ2n) is 5.37. The van der Waals surface area contributed by atoms with Crippen molar-refractivity contribution in [1.29, 1.82) is 0 Å². The Morgan fingerprint density at radius 2 is 1.96 bits per heavy atom. The summed E-state index contributed by atoms with van der Waals surface area (Å²) in [4.78, 5) is 6.99. The van der Waals surface area contributed by atoms with Crippen LogP contribution in [0, 0.1) is 0 Å². The molecule has 0 unspecified atom stereocenters. The first-order valence-corrected chi connectivity index (χ1v) is 8.25. The maximum absolute atomic E-state index is 13.5. The van der Waals surface area contributed by atoms with E-state index >= 15 is 0 Å². The number of nitrogens with zero attached hydrogens (tertiary/aromatic N) is 4. The van der Waals surface area contributed by atoms with Crippen LogP contribution in [0.25, 0.3) is 16.2 Å². The number of hydrogen-bond donors (Lipinski definition) is 0. The largest absolute Gasteiger partial charge is 0.433 e. The number of fused-ring (bicyclic) bond motifs is 1. The summed E-state index contributed by atoms with van der Waals surface area (Å²) in [6, 6.07) is 6.30. The second-order valence-corrected chi connectivity index (χ2v) is 6.32.